The highest BCUT2D eigenvalue weighted by atomic mass is 16.2. The quantitative estimate of drug-likeness (QED) is 0.454. The van der Waals surface area contributed by atoms with Crippen LogP contribution in [0, 0.1) is 12.3 Å². The Balaban J connectivity index is 1.19. The summed E-state index contributed by atoms with van der Waals surface area (Å²) < 4.78 is 1.50. The highest BCUT2D eigenvalue weighted by molar-refractivity contribution is 5.80. The number of aromatic nitrogens is 3. The number of nitrogens with zero attached hydrogens (tertiary/aromatic N) is 3. The maximum atomic E-state index is 13.1. The predicted molar refractivity (Wildman–Crippen MR) is 134 cm³/mol. The molecule has 1 unspecified atom stereocenters. The van der Waals surface area contributed by atoms with Gasteiger partial charge in [-0.05, 0) is 73.7 Å². The molecule has 1 saturated carbocycles. The summed E-state index contributed by atoms with van der Waals surface area (Å²) in [5.74, 6) is 0.122. The second-order valence-corrected chi connectivity index (χ2v) is 10.3. The van der Waals surface area contributed by atoms with Gasteiger partial charge < -0.3 is 15.6 Å². The fourth-order valence-electron chi connectivity index (χ4n) is 4.91. The van der Waals surface area contributed by atoms with Crippen LogP contribution in [0.25, 0.3) is 10.9 Å². The summed E-state index contributed by atoms with van der Waals surface area (Å²) in [7, 11) is 0. The van der Waals surface area contributed by atoms with E-state index in [9.17, 15) is 9.59 Å². The predicted octanol–water partition coefficient (Wildman–Crippen LogP) is 3.03. The Kier molecular flexibility index (Phi) is 6.16. The minimum atomic E-state index is -0.248. The Hall–Kier alpha value is -3.13. The molecular weight excluding hydrogens is 428 g/mol. The van der Waals surface area contributed by atoms with E-state index in [1.54, 1.807) is 13.1 Å². The van der Waals surface area contributed by atoms with Crippen molar-refractivity contribution in [2.45, 2.75) is 58.7 Å². The van der Waals surface area contributed by atoms with Crippen molar-refractivity contribution in [2.75, 3.05) is 25.0 Å². The van der Waals surface area contributed by atoms with E-state index in [1.807, 2.05) is 30.5 Å². The van der Waals surface area contributed by atoms with E-state index in [4.69, 9.17) is 0 Å². The van der Waals surface area contributed by atoms with Crippen molar-refractivity contribution in [3.8, 4) is 0 Å². The molecule has 0 spiro atoms. The zero-order valence-corrected chi connectivity index (χ0v) is 20.1. The van der Waals surface area contributed by atoms with Crippen LogP contribution in [0.4, 0.5) is 5.82 Å². The Morgan fingerprint density at radius 2 is 2.15 bits per heavy atom. The van der Waals surface area contributed by atoms with Crippen LogP contribution in [0.5, 0.6) is 0 Å². The number of hydrogen-bond acceptors (Lipinski definition) is 5. The molecule has 5 rings (SSSR count). The normalized spacial score (nSPS) is 19.4. The third-order valence-corrected chi connectivity index (χ3v) is 7.36. The number of likely N-dealkylation sites (tertiary alicyclic amines) is 1. The number of aromatic amines is 1. The van der Waals surface area contributed by atoms with Gasteiger partial charge >= 0.3 is 0 Å². The summed E-state index contributed by atoms with van der Waals surface area (Å²) in [6.07, 6.45) is 8.53. The number of H-pyrrole nitrogens is 1. The van der Waals surface area contributed by atoms with Crippen molar-refractivity contribution >= 4 is 22.6 Å². The first kappa shape index (κ1) is 22.7. The lowest BCUT2D eigenvalue weighted by atomic mass is 10.1. The van der Waals surface area contributed by atoms with Crippen LogP contribution in [0.2, 0.25) is 0 Å². The highest BCUT2D eigenvalue weighted by Gasteiger charge is 2.41. The van der Waals surface area contributed by atoms with Crippen molar-refractivity contribution in [1.29, 1.82) is 0 Å². The number of fused-ring (bicyclic) bond motifs is 1. The summed E-state index contributed by atoms with van der Waals surface area (Å²) >= 11 is 0. The summed E-state index contributed by atoms with van der Waals surface area (Å²) in [5, 5.41) is 7.32. The van der Waals surface area contributed by atoms with Crippen molar-refractivity contribution < 1.29 is 4.79 Å². The fraction of sp³-hybridized carbons (Fsp3) is 0.500. The van der Waals surface area contributed by atoms with Crippen LogP contribution in [0.15, 0.2) is 41.5 Å². The van der Waals surface area contributed by atoms with Gasteiger partial charge in [-0.3, -0.25) is 19.1 Å². The van der Waals surface area contributed by atoms with Gasteiger partial charge in [0.1, 0.15) is 6.54 Å². The van der Waals surface area contributed by atoms with Crippen LogP contribution in [-0.4, -0.2) is 51.0 Å². The Labute approximate surface area is 199 Å². The second-order valence-electron chi connectivity index (χ2n) is 10.3. The smallest absolute Gasteiger partial charge is 0.293 e. The number of anilines is 1. The van der Waals surface area contributed by atoms with Gasteiger partial charge in [0.25, 0.3) is 5.56 Å². The van der Waals surface area contributed by atoms with Gasteiger partial charge in [0.15, 0.2) is 5.82 Å². The zero-order chi connectivity index (χ0) is 23.7. The summed E-state index contributed by atoms with van der Waals surface area (Å²) in [6.45, 7) is 7.53. The minimum absolute atomic E-state index is 0.0256. The van der Waals surface area contributed by atoms with E-state index in [0.717, 1.165) is 36.0 Å². The van der Waals surface area contributed by atoms with Crippen LogP contribution in [0.3, 0.4) is 0 Å². The van der Waals surface area contributed by atoms with E-state index in [0.29, 0.717) is 36.1 Å². The molecule has 2 aliphatic rings. The fourth-order valence-corrected chi connectivity index (χ4v) is 4.91. The van der Waals surface area contributed by atoms with Gasteiger partial charge in [-0.25, -0.2) is 4.98 Å². The molecule has 180 valence electrons. The van der Waals surface area contributed by atoms with Crippen molar-refractivity contribution in [2.24, 2.45) is 5.41 Å². The van der Waals surface area contributed by atoms with Gasteiger partial charge in [0.2, 0.25) is 5.91 Å². The first-order chi connectivity index (χ1) is 16.4. The Morgan fingerprint density at radius 3 is 2.97 bits per heavy atom. The van der Waals surface area contributed by atoms with Crippen LogP contribution in [0.1, 0.15) is 43.9 Å². The van der Waals surface area contributed by atoms with Crippen molar-refractivity contribution in [3.63, 3.8) is 0 Å². The molecule has 1 atom stereocenters. The summed E-state index contributed by atoms with van der Waals surface area (Å²) in [4.78, 5) is 35.8. The average molecular weight is 463 g/mol. The monoisotopic (exact) mass is 462 g/mol. The van der Waals surface area contributed by atoms with Gasteiger partial charge in [-0.1, -0.05) is 13.0 Å². The number of amides is 1. The van der Waals surface area contributed by atoms with E-state index in [1.165, 1.54) is 23.8 Å². The zero-order valence-electron chi connectivity index (χ0n) is 20.1. The lowest BCUT2D eigenvalue weighted by Crippen LogP contribution is -2.40. The second kappa shape index (κ2) is 9.25. The average Bonchev–Trinajstić information content (AvgIpc) is 3.19. The molecule has 2 fully saturated rings. The molecule has 3 heterocycles. The first-order valence-electron chi connectivity index (χ1n) is 12.3. The molecule has 8 heteroatoms. The van der Waals surface area contributed by atoms with E-state index >= 15 is 0 Å². The largest absolute Gasteiger partial charge is 0.364 e. The molecule has 0 bridgehead atoms. The minimum Gasteiger partial charge on any atom is -0.364 e. The third-order valence-electron chi connectivity index (χ3n) is 7.36. The third kappa shape index (κ3) is 5.01. The molecule has 0 radical (unpaired) electrons. The van der Waals surface area contributed by atoms with E-state index < -0.39 is 0 Å². The topological polar surface area (TPSA) is 95.1 Å². The molecule has 1 saturated heterocycles. The Bertz CT molecular complexity index is 1240. The molecule has 1 amide bonds. The molecule has 1 aliphatic carbocycles. The number of nitrogens with one attached hydrogen (secondary N) is 3. The number of hydrogen-bond donors (Lipinski definition) is 3. The maximum absolute atomic E-state index is 13.1. The van der Waals surface area contributed by atoms with Crippen LogP contribution >= 0.6 is 0 Å². The van der Waals surface area contributed by atoms with Gasteiger partial charge in [0.05, 0.1) is 0 Å². The lowest BCUT2D eigenvalue weighted by Gasteiger charge is -2.27. The Morgan fingerprint density at radius 1 is 1.29 bits per heavy atom. The van der Waals surface area contributed by atoms with E-state index in [2.05, 4.69) is 32.4 Å². The molecular formula is C26H34N6O2. The van der Waals surface area contributed by atoms with Crippen LogP contribution < -0.4 is 16.2 Å². The van der Waals surface area contributed by atoms with Gasteiger partial charge in [-0.15, -0.1) is 0 Å². The summed E-state index contributed by atoms with van der Waals surface area (Å²) in [6, 6.07) is 8.47. The molecule has 34 heavy (non-hydrogen) atoms. The lowest BCUT2D eigenvalue weighted by molar-refractivity contribution is -0.121. The number of rotatable bonds is 9. The number of aryl methyl sites for hydroxylation is 1. The molecule has 8 nitrogen and oxygen atoms in total. The van der Waals surface area contributed by atoms with Gasteiger partial charge in [-0.2, -0.15) is 0 Å². The highest BCUT2D eigenvalue weighted by Crippen LogP contribution is 2.46. The van der Waals surface area contributed by atoms with Crippen molar-refractivity contribution in [3.05, 3.63) is 58.3 Å². The summed E-state index contributed by atoms with van der Waals surface area (Å²) in [5.41, 5.74) is 2.99. The van der Waals surface area contributed by atoms with E-state index in [-0.39, 0.29) is 18.0 Å². The van der Waals surface area contributed by atoms with Crippen molar-refractivity contribution in [1.82, 2.24) is 24.8 Å². The molecule has 1 aromatic carbocycles. The standard InChI is InChI=1S/C26H34N6O2/c1-18-13-29-24(30-15-21-4-3-11-31(21)17-26(2)8-9-26)25(34)32(18)16-23(33)28-14-19-5-6-22-20(12-19)7-10-27-22/h5-7,10,12-13,21,27H,3-4,8-9,11,14-17H2,1-2H3,(H,28,33)(H,29,30). The number of benzene rings is 1. The maximum Gasteiger partial charge on any atom is 0.293 e. The van der Waals surface area contributed by atoms with Gasteiger partial charge in [0, 0.05) is 49.3 Å². The number of carbonyl (C=O) groups is 1. The molecule has 3 aromatic rings. The first-order valence-corrected chi connectivity index (χ1v) is 12.3. The molecule has 2 aromatic heterocycles. The SMILES string of the molecule is Cc1cnc(NCC2CCCN2CC2(C)CC2)c(=O)n1CC(=O)NCc1ccc2[nH]ccc2c1. The van der Waals surface area contributed by atoms with Crippen LogP contribution in [-0.2, 0) is 17.9 Å². The molecule has 1 aliphatic heterocycles. The molecule has 3 N–H and O–H groups in total. The number of carbonyl (C=O) groups excluding carboxylic acids is 1.